The average Bonchev–Trinajstić information content (AvgIpc) is 2.81. The lowest BCUT2D eigenvalue weighted by atomic mass is 10.2. The summed E-state index contributed by atoms with van der Waals surface area (Å²) in [6.07, 6.45) is 0. The quantitative estimate of drug-likeness (QED) is 0.672. The minimum Gasteiger partial charge on any atom is -0.338 e. The van der Waals surface area contributed by atoms with E-state index in [1.165, 1.54) is 6.07 Å². The number of thiol groups is 1. The molecule has 18 heavy (non-hydrogen) atoms. The third-order valence-corrected chi connectivity index (χ3v) is 3.22. The van der Waals surface area contributed by atoms with Crippen molar-refractivity contribution in [2.75, 3.05) is 0 Å². The lowest BCUT2D eigenvalue weighted by Crippen LogP contribution is -1.84. The van der Waals surface area contributed by atoms with E-state index >= 15 is 0 Å². The van der Waals surface area contributed by atoms with E-state index in [1.807, 2.05) is 18.2 Å². The number of rotatable bonds is 2. The molecule has 3 aromatic rings. The number of imidazole rings is 1. The van der Waals surface area contributed by atoms with Gasteiger partial charge in [0.25, 0.3) is 0 Å². The maximum atomic E-state index is 13.7. The number of H-pyrrole nitrogens is 1. The molecule has 1 N–H and O–H groups in total. The van der Waals surface area contributed by atoms with E-state index in [4.69, 9.17) is 0 Å². The molecule has 0 amide bonds. The predicted octanol–water partition coefficient (Wildman–Crippen LogP) is 3.80. The van der Waals surface area contributed by atoms with Crippen LogP contribution in [0, 0.1) is 5.82 Å². The van der Waals surface area contributed by atoms with E-state index in [1.54, 1.807) is 18.2 Å². The van der Waals surface area contributed by atoms with Crippen molar-refractivity contribution in [2.45, 2.75) is 5.75 Å². The number of aromatic nitrogens is 2. The third-order valence-electron chi connectivity index (χ3n) is 2.86. The number of benzene rings is 2. The van der Waals surface area contributed by atoms with Crippen LogP contribution in [0.1, 0.15) is 5.56 Å². The molecular formula is C14H11FN2S. The Kier molecular flexibility index (Phi) is 2.80. The van der Waals surface area contributed by atoms with Crippen molar-refractivity contribution in [3.63, 3.8) is 0 Å². The van der Waals surface area contributed by atoms with Crippen molar-refractivity contribution >= 4 is 23.7 Å². The van der Waals surface area contributed by atoms with E-state index in [0.29, 0.717) is 17.1 Å². The molecule has 4 heteroatoms. The Morgan fingerprint density at radius 2 is 2.00 bits per heavy atom. The first-order chi connectivity index (χ1) is 8.78. The van der Waals surface area contributed by atoms with Crippen molar-refractivity contribution < 1.29 is 4.39 Å². The molecule has 2 aromatic carbocycles. The van der Waals surface area contributed by atoms with Crippen LogP contribution in [0.5, 0.6) is 0 Å². The Morgan fingerprint density at radius 3 is 2.78 bits per heavy atom. The second kappa shape index (κ2) is 4.46. The topological polar surface area (TPSA) is 28.7 Å². The van der Waals surface area contributed by atoms with Gasteiger partial charge in [-0.1, -0.05) is 18.2 Å². The molecular weight excluding hydrogens is 247 g/mol. The fraction of sp³-hybridized carbons (Fsp3) is 0.0714. The maximum Gasteiger partial charge on any atom is 0.141 e. The summed E-state index contributed by atoms with van der Waals surface area (Å²) in [7, 11) is 0. The molecule has 0 radical (unpaired) electrons. The van der Waals surface area contributed by atoms with Gasteiger partial charge in [0.1, 0.15) is 11.6 Å². The van der Waals surface area contributed by atoms with Gasteiger partial charge >= 0.3 is 0 Å². The van der Waals surface area contributed by atoms with Crippen LogP contribution in [0.15, 0.2) is 42.5 Å². The third kappa shape index (κ3) is 1.88. The molecule has 1 heterocycles. The number of aromatic amines is 1. The Hall–Kier alpha value is -1.81. The maximum absolute atomic E-state index is 13.7. The number of fused-ring (bicyclic) bond motifs is 1. The van der Waals surface area contributed by atoms with Gasteiger partial charge in [-0.15, -0.1) is 0 Å². The van der Waals surface area contributed by atoms with Gasteiger partial charge in [-0.3, -0.25) is 0 Å². The Labute approximate surface area is 109 Å². The molecule has 0 spiro atoms. The number of nitrogens with zero attached hydrogens (tertiary/aromatic N) is 1. The number of nitrogens with one attached hydrogen (secondary N) is 1. The van der Waals surface area contributed by atoms with Crippen LogP contribution < -0.4 is 0 Å². The zero-order valence-corrected chi connectivity index (χ0v) is 10.4. The standard InChI is InChI=1S/C14H11FN2S/c15-11-4-2-1-3-10(11)14-16-12-6-5-9(8-18)7-13(12)17-14/h1-7,18H,8H2,(H,16,17). The minimum absolute atomic E-state index is 0.272. The molecule has 0 aliphatic heterocycles. The van der Waals surface area contributed by atoms with Crippen molar-refractivity contribution in [3.05, 3.63) is 53.8 Å². The van der Waals surface area contributed by atoms with Gasteiger partial charge in [-0.25, -0.2) is 9.37 Å². The first-order valence-electron chi connectivity index (χ1n) is 5.62. The van der Waals surface area contributed by atoms with Crippen LogP contribution in [0.25, 0.3) is 22.4 Å². The Morgan fingerprint density at radius 1 is 1.17 bits per heavy atom. The Balaban J connectivity index is 2.17. The molecule has 0 saturated carbocycles. The minimum atomic E-state index is -0.272. The molecule has 0 fully saturated rings. The highest BCUT2D eigenvalue weighted by molar-refractivity contribution is 7.79. The van der Waals surface area contributed by atoms with Gasteiger partial charge in [-0.05, 0) is 29.8 Å². The lowest BCUT2D eigenvalue weighted by molar-refractivity contribution is 0.630. The molecule has 0 aliphatic rings. The smallest absolute Gasteiger partial charge is 0.141 e. The molecule has 1 aromatic heterocycles. The van der Waals surface area contributed by atoms with Gasteiger partial charge in [-0.2, -0.15) is 12.6 Å². The zero-order valence-electron chi connectivity index (χ0n) is 9.52. The molecule has 0 bridgehead atoms. The van der Waals surface area contributed by atoms with Gasteiger partial charge in [0, 0.05) is 5.75 Å². The monoisotopic (exact) mass is 258 g/mol. The summed E-state index contributed by atoms with van der Waals surface area (Å²) in [6, 6.07) is 12.5. The zero-order chi connectivity index (χ0) is 12.5. The summed E-state index contributed by atoms with van der Waals surface area (Å²) in [4.78, 5) is 7.54. The SMILES string of the molecule is Fc1ccccc1-c1nc2ccc(CS)cc2[nH]1. The summed E-state index contributed by atoms with van der Waals surface area (Å²) < 4.78 is 13.7. The summed E-state index contributed by atoms with van der Waals surface area (Å²) in [6.45, 7) is 0. The summed E-state index contributed by atoms with van der Waals surface area (Å²) >= 11 is 4.23. The summed E-state index contributed by atoms with van der Waals surface area (Å²) in [5, 5.41) is 0. The van der Waals surface area contributed by atoms with Crippen molar-refractivity contribution in [3.8, 4) is 11.4 Å². The van der Waals surface area contributed by atoms with Crippen LogP contribution in [0.3, 0.4) is 0 Å². The first-order valence-corrected chi connectivity index (χ1v) is 6.25. The molecule has 0 unspecified atom stereocenters. The van der Waals surface area contributed by atoms with Crippen LogP contribution >= 0.6 is 12.6 Å². The van der Waals surface area contributed by atoms with Gasteiger partial charge in [0.2, 0.25) is 0 Å². The van der Waals surface area contributed by atoms with Gasteiger partial charge in [0.05, 0.1) is 16.6 Å². The highest BCUT2D eigenvalue weighted by atomic mass is 32.1. The van der Waals surface area contributed by atoms with Gasteiger partial charge in [0.15, 0.2) is 0 Å². The number of hydrogen-bond donors (Lipinski definition) is 2. The van der Waals surface area contributed by atoms with E-state index in [2.05, 4.69) is 22.6 Å². The van der Waals surface area contributed by atoms with Crippen molar-refractivity contribution in [1.82, 2.24) is 9.97 Å². The van der Waals surface area contributed by atoms with Crippen LogP contribution in [-0.2, 0) is 5.75 Å². The molecule has 90 valence electrons. The highest BCUT2D eigenvalue weighted by Gasteiger charge is 2.09. The molecule has 2 nitrogen and oxygen atoms in total. The normalized spacial score (nSPS) is 11.0. The fourth-order valence-corrected chi connectivity index (χ4v) is 2.13. The predicted molar refractivity (Wildman–Crippen MR) is 74.2 cm³/mol. The summed E-state index contributed by atoms with van der Waals surface area (Å²) in [5.74, 6) is 0.953. The number of halogens is 1. The van der Waals surface area contributed by atoms with Crippen LogP contribution in [-0.4, -0.2) is 9.97 Å². The second-order valence-electron chi connectivity index (χ2n) is 4.07. The van der Waals surface area contributed by atoms with E-state index < -0.39 is 0 Å². The van der Waals surface area contributed by atoms with Crippen molar-refractivity contribution in [2.24, 2.45) is 0 Å². The highest BCUT2D eigenvalue weighted by Crippen LogP contribution is 2.23. The summed E-state index contributed by atoms with van der Waals surface area (Å²) in [5.41, 5.74) is 3.33. The van der Waals surface area contributed by atoms with Crippen LogP contribution in [0.4, 0.5) is 4.39 Å². The first kappa shape index (κ1) is 11.3. The average molecular weight is 258 g/mol. The lowest BCUT2D eigenvalue weighted by Gasteiger charge is -1.97. The largest absolute Gasteiger partial charge is 0.338 e. The second-order valence-corrected chi connectivity index (χ2v) is 4.39. The molecule has 0 saturated heterocycles. The van der Waals surface area contributed by atoms with Gasteiger partial charge < -0.3 is 4.98 Å². The molecule has 3 rings (SSSR count). The van der Waals surface area contributed by atoms with Crippen molar-refractivity contribution in [1.29, 1.82) is 0 Å². The molecule has 0 aliphatic carbocycles. The fourth-order valence-electron chi connectivity index (χ4n) is 1.94. The molecule has 0 atom stereocenters. The number of hydrogen-bond acceptors (Lipinski definition) is 2. The van der Waals surface area contributed by atoms with E-state index in [-0.39, 0.29) is 5.82 Å². The van der Waals surface area contributed by atoms with Crippen LogP contribution in [0.2, 0.25) is 0 Å². The van der Waals surface area contributed by atoms with E-state index in [9.17, 15) is 4.39 Å². The Bertz CT molecular complexity index is 706. The van der Waals surface area contributed by atoms with E-state index in [0.717, 1.165) is 16.6 Å².